The maximum absolute atomic E-state index is 11.6. The Balaban J connectivity index is 2.19. The normalized spacial score (nSPS) is 11.8. The van der Waals surface area contributed by atoms with Gasteiger partial charge in [-0.2, -0.15) is 0 Å². The van der Waals surface area contributed by atoms with E-state index in [0.29, 0.717) is 22.9 Å². The van der Waals surface area contributed by atoms with E-state index < -0.39 is 11.2 Å². The van der Waals surface area contributed by atoms with Crippen LogP contribution in [-0.4, -0.2) is 30.5 Å². The van der Waals surface area contributed by atoms with Gasteiger partial charge in [0.25, 0.3) is 0 Å². The molecule has 2 aromatic rings. The van der Waals surface area contributed by atoms with Crippen LogP contribution in [0.5, 0.6) is 11.5 Å². The average Bonchev–Trinajstić information content (AvgIpc) is 2.56. The number of methoxy groups -OCH3 is 2. The Kier molecular flexibility index (Phi) is 6.19. The highest BCUT2D eigenvalue weighted by molar-refractivity contribution is 8.00. The fourth-order valence-electron chi connectivity index (χ4n) is 2.08. The van der Waals surface area contributed by atoms with E-state index in [2.05, 4.69) is 0 Å². The first-order valence-corrected chi connectivity index (χ1v) is 8.15. The largest absolute Gasteiger partial charge is 0.497 e. The Morgan fingerprint density at radius 2 is 1.87 bits per heavy atom. The van der Waals surface area contributed by atoms with Gasteiger partial charge in [-0.25, -0.2) is 0 Å². The highest BCUT2D eigenvalue weighted by Crippen LogP contribution is 2.31. The lowest BCUT2D eigenvalue weighted by atomic mass is 10.1. The van der Waals surface area contributed by atoms with E-state index in [-0.39, 0.29) is 0 Å². The molecule has 0 aromatic heterocycles. The highest BCUT2D eigenvalue weighted by atomic mass is 35.5. The van der Waals surface area contributed by atoms with E-state index in [9.17, 15) is 9.90 Å². The molecule has 2 aromatic carbocycles. The maximum atomic E-state index is 11.6. The number of rotatable bonds is 7. The summed E-state index contributed by atoms with van der Waals surface area (Å²) in [7, 11) is 3.13. The number of carboxylic acid groups (broad SMARTS) is 1. The number of aliphatic carboxylic acids is 1. The number of hydrogen-bond acceptors (Lipinski definition) is 4. The monoisotopic (exact) mass is 352 g/mol. The van der Waals surface area contributed by atoms with E-state index in [4.69, 9.17) is 21.1 Å². The molecule has 0 bridgehead atoms. The first kappa shape index (κ1) is 17.5. The molecular formula is C17H17ClO4S. The Morgan fingerprint density at radius 1 is 1.17 bits per heavy atom. The number of benzene rings is 2. The predicted octanol–water partition coefficient (Wildman–Crippen LogP) is 4.15. The van der Waals surface area contributed by atoms with Crippen LogP contribution in [0, 0.1) is 0 Å². The van der Waals surface area contributed by atoms with Gasteiger partial charge < -0.3 is 14.6 Å². The number of carboxylic acids is 1. The van der Waals surface area contributed by atoms with Gasteiger partial charge in [-0.15, -0.1) is 11.8 Å². The molecule has 6 heteroatoms. The van der Waals surface area contributed by atoms with Crippen LogP contribution in [0.4, 0.5) is 0 Å². The molecule has 0 saturated heterocycles. The van der Waals surface area contributed by atoms with Gasteiger partial charge in [0.1, 0.15) is 16.7 Å². The van der Waals surface area contributed by atoms with Gasteiger partial charge in [0.05, 0.1) is 14.2 Å². The fourth-order valence-corrected chi connectivity index (χ4v) is 3.19. The van der Waals surface area contributed by atoms with Gasteiger partial charge in [0.15, 0.2) is 0 Å². The number of ether oxygens (including phenoxy) is 2. The minimum Gasteiger partial charge on any atom is -0.497 e. The Bertz CT molecular complexity index is 673. The summed E-state index contributed by atoms with van der Waals surface area (Å²) >= 11 is 7.14. The molecule has 2 rings (SSSR count). The second kappa shape index (κ2) is 8.13. The molecule has 4 nitrogen and oxygen atoms in total. The van der Waals surface area contributed by atoms with Crippen molar-refractivity contribution in [3.05, 3.63) is 53.1 Å². The zero-order chi connectivity index (χ0) is 16.8. The topological polar surface area (TPSA) is 55.8 Å². The fraction of sp³-hybridized carbons (Fsp3) is 0.235. The first-order valence-electron chi connectivity index (χ1n) is 6.89. The van der Waals surface area contributed by atoms with Crippen molar-refractivity contribution in [1.82, 2.24) is 0 Å². The van der Waals surface area contributed by atoms with Crippen LogP contribution in [0.15, 0.2) is 47.4 Å². The van der Waals surface area contributed by atoms with Gasteiger partial charge in [0.2, 0.25) is 0 Å². The SMILES string of the molecule is COc1ccc(CC(Sc2ccc(Cl)cc2)C(=O)O)c(OC)c1. The number of hydrogen-bond donors (Lipinski definition) is 1. The lowest BCUT2D eigenvalue weighted by Crippen LogP contribution is -2.19. The van der Waals surface area contributed by atoms with E-state index in [1.807, 2.05) is 18.2 Å². The third kappa shape index (κ3) is 4.81. The molecular weight excluding hydrogens is 336 g/mol. The van der Waals surface area contributed by atoms with E-state index in [1.54, 1.807) is 38.5 Å². The molecule has 23 heavy (non-hydrogen) atoms. The Hall–Kier alpha value is -1.85. The molecule has 1 atom stereocenters. The second-order valence-corrected chi connectivity index (χ2v) is 6.49. The zero-order valence-corrected chi connectivity index (χ0v) is 14.4. The van der Waals surface area contributed by atoms with E-state index in [1.165, 1.54) is 11.8 Å². The van der Waals surface area contributed by atoms with Crippen molar-refractivity contribution in [2.45, 2.75) is 16.6 Å². The maximum Gasteiger partial charge on any atom is 0.317 e. The molecule has 0 radical (unpaired) electrons. The summed E-state index contributed by atoms with van der Waals surface area (Å²) in [5.41, 5.74) is 0.821. The van der Waals surface area contributed by atoms with Crippen molar-refractivity contribution in [3.63, 3.8) is 0 Å². The number of thioether (sulfide) groups is 1. The third-order valence-electron chi connectivity index (χ3n) is 3.27. The van der Waals surface area contributed by atoms with Crippen molar-refractivity contribution >= 4 is 29.3 Å². The number of carbonyl (C=O) groups is 1. The molecule has 0 fully saturated rings. The van der Waals surface area contributed by atoms with E-state index in [0.717, 1.165) is 10.5 Å². The summed E-state index contributed by atoms with van der Waals surface area (Å²) < 4.78 is 10.5. The summed E-state index contributed by atoms with van der Waals surface area (Å²) in [5, 5.41) is 9.50. The quantitative estimate of drug-likeness (QED) is 0.759. The lowest BCUT2D eigenvalue weighted by Gasteiger charge is -2.15. The van der Waals surface area contributed by atoms with Gasteiger partial charge >= 0.3 is 5.97 Å². The molecule has 0 aliphatic rings. The Labute approximate surface area is 144 Å². The van der Waals surface area contributed by atoms with Crippen LogP contribution in [0.1, 0.15) is 5.56 Å². The minimum atomic E-state index is -0.872. The minimum absolute atomic E-state index is 0.343. The summed E-state index contributed by atoms with van der Waals surface area (Å²) in [4.78, 5) is 12.4. The first-order chi connectivity index (χ1) is 11.0. The lowest BCUT2D eigenvalue weighted by molar-refractivity contribution is -0.136. The summed E-state index contributed by atoms with van der Waals surface area (Å²) in [6.45, 7) is 0. The van der Waals surface area contributed by atoms with Gasteiger partial charge in [-0.1, -0.05) is 17.7 Å². The standard InChI is InChI=1S/C17H17ClO4S/c1-21-13-6-3-11(15(10-13)22-2)9-16(17(19)20)23-14-7-4-12(18)5-8-14/h3-8,10,16H,9H2,1-2H3,(H,19,20). The summed E-state index contributed by atoms with van der Waals surface area (Å²) in [6.07, 6.45) is 0.343. The van der Waals surface area contributed by atoms with Crippen molar-refractivity contribution < 1.29 is 19.4 Å². The molecule has 0 aliphatic carbocycles. The molecule has 0 aliphatic heterocycles. The molecule has 0 spiro atoms. The molecule has 0 amide bonds. The van der Waals surface area contributed by atoms with Gasteiger partial charge in [-0.05, 0) is 42.3 Å². The van der Waals surface area contributed by atoms with Gasteiger partial charge in [-0.3, -0.25) is 4.79 Å². The predicted molar refractivity (Wildman–Crippen MR) is 92.0 cm³/mol. The smallest absolute Gasteiger partial charge is 0.317 e. The average molecular weight is 353 g/mol. The second-order valence-electron chi connectivity index (χ2n) is 4.78. The molecule has 122 valence electrons. The van der Waals surface area contributed by atoms with Crippen LogP contribution >= 0.6 is 23.4 Å². The number of halogens is 1. The summed E-state index contributed by atoms with van der Waals surface area (Å²) in [6, 6.07) is 12.5. The highest BCUT2D eigenvalue weighted by Gasteiger charge is 2.21. The van der Waals surface area contributed by atoms with Crippen LogP contribution in [0.25, 0.3) is 0 Å². The summed E-state index contributed by atoms with van der Waals surface area (Å²) in [5.74, 6) is 0.415. The molecule has 0 heterocycles. The van der Waals surface area contributed by atoms with Crippen molar-refractivity contribution in [2.24, 2.45) is 0 Å². The van der Waals surface area contributed by atoms with Crippen molar-refractivity contribution in [3.8, 4) is 11.5 Å². The Morgan fingerprint density at radius 3 is 2.43 bits per heavy atom. The zero-order valence-electron chi connectivity index (χ0n) is 12.8. The van der Waals surface area contributed by atoms with Crippen LogP contribution in [-0.2, 0) is 11.2 Å². The molecule has 0 saturated carbocycles. The van der Waals surface area contributed by atoms with Crippen molar-refractivity contribution in [2.75, 3.05) is 14.2 Å². The third-order valence-corrected chi connectivity index (χ3v) is 4.72. The van der Waals surface area contributed by atoms with Crippen molar-refractivity contribution in [1.29, 1.82) is 0 Å². The van der Waals surface area contributed by atoms with Gasteiger partial charge in [0, 0.05) is 16.0 Å². The van der Waals surface area contributed by atoms with Crippen LogP contribution in [0.3, 0.4) is 0 Å². The van der Waals surface area contributed by atoms with E-state index >= 15 is 0 Å². The van der Waals surface area contributed by atoms with Crippen LogP contribution in [0.2, 0.25) is 5.02 Å². The molecule has 1 unspecified atom stereocenters. The molecule has 1 N–H and O–H groups in total. The van der Waals surface area contributed by atoms with Crippen LogP contribution < -0.4 is 9.47 Å².